The first-order valence-corrected chi connectivity index (χ1v) is 5.38. The Morgan fingerprint density at radius 3 is 1.29 bits per heavy atom. The highest BCUT2D eigenvalue weighted by atomic mass is 19.4. The lowest BCUT2D eigenvalue weighted by molar-refractivity contribution is -0.782. The molecule has 4 nitrogen and oxygen atoms in total. The molecule has 0 bridgehead atoms. The molecule has 0 saturated heterocycles. The Balaban J connectivity index is 0. The molecule has 0 aliphatic rings. The SMILES string of the molecule is CN=C(N(C)C)[N+](C)(C)C.[O-]C(F)(F)C(F)(F)C(F)(F)F. The van der Waals surface area contributed by atoms with E-state index in [0.717, 1.165) is 10.4 Å². The summed E-state index contributed by atoms with van der Waals surface area (Å²) in [7, 11) is 12.1. The molecule has 0 saturated carbocycles. The maximum atomic E-state index is 11.2. The summed E-state index contributed by atoms with van der Waals surface area (Å²) in [5, 5.41) is 8.97. The first-order valence-electron chi connectivity index (χ1n) is 5.38. The molecule has 21 heavy (non-hydrogen) atoms. The van der Waals surface area contributed by atoms with Gasteiger partial charge in [0.2, 0.25) is 0 Å². The van der Waals surface area contributed by atoms with Gasteiger partial charge in [-0.05, 0) is 0 Å². The van der Waals surface area contributed by atoms with Gasteiger partial charge < -0.3 is 10.0 Å². The Morgan fingerprint density at radius 2 is 1.29 bits per heavy atom. The van der Waals surface area contributed by atoms with Crippen molar-refractivity contribution in [1.82, 2.24) is 4.90 Å². The van der Waals surface area contributed by atoms with Gasteiger partial charge in [0.05, 0.1) is 21.1 Å². The fourth-order valence-electron chi connectivity index (χ4n) is 1.27. The van der Waals surface area contributed by atoms with Crippen molar-refractivity contribution in [2.75, 3.05) is 42.3 Å². The van der Waals surface area contributed by atoms with Gasteiger partial charge in [-0.25, -0.2) is 13.8 Å². The third-order valence-electron chi connectivity index (χ3n) is 1.92. The summed E-state index contributed by atoms with van der Waals surface area (Å²) in [5.41, 5.74) is 0. The second-order valence-electron chi connectivity index (χ2n) is 5.02. The third-order valence-corrected chi connectivity index (χ3v) is 1.92. The summed E-state index contributed by atoms with van der Waals surface area (Å²) in [6, 6.07) is 0. The minimum Gasteiger partial charge on any atom is -0.793 e. The largest absolute Gasteiger partial charge is 0.793 e. The van der Waals surface area contributed by atoms with Gasteiger partial charge in [0.1, 0.15) is 0 Å². The molecule has 0 aliphatic carbocycles. The van der Waals surface area contributed by atoms with Crippen LogP contribution in [0.4, 0.5) is 30.7 Å². The molecule has 0 unspecified atom stereocenters. The van der Waals surface area contributed by atoms with Gasteiger partial charge in [-0.1, -0.05) is 0 Å². The zero-order valence-corrected chi connectivity index (χ0v) is 12.4. The summed E-state index contributed by atoms with van der Waals surface area (Å²) in [5.74, 6) is -5.44. The van der Waals surface area contributed by atoms with E-state index in [9.17, 15) is 30.7 Å². The molecule has 0 fully saturated rings. The van der Waals surface area contributed by atoms with E-state index in [1.807, 2.05) is 26.0 Å². The van der Waals surface area contributed by atoms with Crippen LogP contribution in [0.1, 0.15) is 0 Å². The Labute approximate surface area is 118 Å². The lowest BCUT2D eigenvalue weighted by Gasteiger charge is -2.31. The van der Waals surface area contributed by atoms with Crippen LogP contribution < -0.4 is 5.11 Å². The number of aliphatic imine (C=N–C) groups is 1. The molecular weight excluding hydrogens is 311 g/mol. The summed E-state index contributed by atoms with van der Waals surface area (Å²) in [6.07, 6.45) is -12.8. The van der Waals surface area contributed by atoms with Gasteiger partial charge in [-0.3, -0.25) is 4.48 Å². The van der Waals surface area contributed by atoms with Crippen LogP contribution >= 0.6 is 0 Å². The van der Waals surface area contributed by atoms with E-state index < -0.39 is 18.2 Å². The number of halogens is 7. The molecule has 0 aromatic carbocycles. The molecule has 0 rings (SSSR count). The van der Waals surface area contributed by atoms with E-state index in [2.05, 4.69) is 26.1 Å². The van der Waals surface area contributed by atoms with E-state index in [4.69, 9.17) is 5.11 Å². The highest BCUT2D eigenvalue weighted by Crippen LogP contribution is 2.43. The average Bonchev–Trinajstić information content (AvgIpc) is 2.12. The number of rotatable bonds is 1. The van der Waals surface area contributed by atoms with E-state index in [1.54, 1.807) is 0 Å². The number of alkyl halides is 7. The molecule has 128 valence electrons. The van der Waals surface area contributed by atoms with Crippen LogP contribution in [0, 0.1) is 0 Å². The zero-order valence-electron chi connectivity index (χ0n) is 12.4. The van der Waals surface area contributed by atoms with Crippen molar-refractivity contribution < 1.29 is 40.3 Å². The van der Waals surface area contributed by atoms with Gasteiger partial charge in [0, 0.05) is 21.1 Å². The Kier molecular flexibility index (Phi) is 7.16. The van der Waals surface area contributed by atoms with Crippen molar-refractivity contribution in [2.45, 2.75) is 18.2 Å². The Morgan fingerprint density at radius 1 is 0.952 bits per heavy atom. The standard InChI is InChI=1S/C7H18N3.C3F7O/c1-8-7(9(2)3)10(4,5)6;4-1(5,2(6,7)8)3(9,10)11/h1-6H3;/q+1;-1. The smallest absolute Gasteiger partial charge is 0.458 e. The highest BCUT2D eigenvalue weighted by molar-refractivity contribution is 5.72. The average molecular weight is 329 g/mol. The van der Waals surface area contributed by atoms with Crippen molar-refractivity contribution in [3.8, 4) is 0 Å². The van der Waals surface area contributed by atoms with Crippen LogP contribution in [-0.4, -0.2) is 75.8 Å². The number of quaternary nitrogens is 1. The van der Waals surface area contributed by atoms with Crippen molar-refractivity contribution in [1.29, 1.82) is 0 Å². The lowest BCUT2D eigenvalue weighted by atomic mass is 10.3. The number of hydrogen-bond acceptors (Lipinski definition) is 2. The molecule has 0 aromatic rings. The van der Waals surface area contributed by atoms with Crippen molar-refractivity contribution in [3.05, 3.63) is 0 Å². The van der Waals surface area contributed by atoms with Crippen molar-refractivity contribution in [2.24, 2.45) is 4.99 Å². The lowest BCUT2D eigenvalue weighted by Crippen LogP contribution is -2.59. The van der Waals surface area contributed by atoms with Gasteiger partial charge in [-0.2, -0.15) is 22.0 Å². The molecule has 0 heterocycles. The van der Waals surface area contributed by atoms with E-state index in [-0.39, 0.29) is 0 Å². The number of nitrogens with zero attached hydrogens (tertiary/aromatic N) is 3. The van der Waals surface area contributed by atoms with Crippen LogP contribution in [0.5, 0.6) is 0 Å². The van der Waals surface area contributed by atoms with Crippen LogP contribution in [-0.2, 0) is 0 Å². The molecule has 0 N–H and O–H groups in total. The predicted octanol–water partition coefficient (Wildman–Crippen LogP) is 1.38. The van der Waals surface area contributed by atoms with E-state index in [1.165, 1.54) is 0 Å². The molecule has 0 radical (unpaired) electrons. The summed E-state index contributed by atoms with van der Waals surface area (Å²) >= 11 is 0. The third kappa shape index (κ3) is 6.46. The molecule has 11 heteroatoms. The second kappa shape index (κ2) is 6.77. The van der Waals surface area contributed by atoms with Crippen LogP contribution in [0.3, 0.4) is 0 Å². The fourth-order valence-corrected chi connectivity index (χ4v) is 1.27. The maximum Gasteiger partial charge on any atom is 0.458 e. The second-order valence-corrected chi connectivity index (χ2v) is 5.02. The fraction of sp³-hybridized carbons (Fsp3) is 0.900. The normalized spacial score (nSPS) is 14.5. The molecule has 0 amide bonds. The van der Waals surface area contributed by atoms with Gasteiger partial charge in [0.15, 0.2) is 0 Å². The Hall–Kier alpha value is -1.10. The molecular formula is C10H18F7N3O. The first kappa shape index (κ1) is 22.2. The highest BCUT2D eigenvalue weighted by Gasteiger charge is 2.67. The maximum absolute atomic E-state index is 11.2. The zero-order chi connectivity index (χ0) is 17.9. The molecule has 0 atom stereocenters. The quantitative estimate of drug-likeness (QED) is 0.315. The summed E-state index contributed by atoms with van der Waals surface area (Å²) in [4.78, 5) is 6.20. The summed E-state index contributed by atoms with van der Waals surface area (Å²) in [6.45, 7) is 0. The van der Waals surface area contributed by atoms with E-state index >= 15 is 0 Å². The summed E-state index contributed by atoms with van der Waals surface area (Å²) < 4.78 is 77.9. The molecule has 0 aliphatic heterocycles. The van der Waals surface area contributed by atoms with Crippen LogP contribution in [0.15, 0.2) is 4.99 Å². The van der Waals surface area contributed by atoms with Gasteiger partial charge in [0.25, 0.3) is 12.1 Å². The monoisotopic (exact) mass is 329 g/mol. The minimum atomic E-state index is -6.52. The Bertz CT molecular complexity index is 337. The molecule has 0 spiro atoms. The van der Waals surface area contributed by atoms with Gasteiger partial charge in [-0.15, -0.1) is 0 Å². The van der Waals surface area contributed by atoms with E-state index in [0.29, 0.717) is 0 Å². The van der Waals surface area contributed by atoms with Gasteiger partial charge >= 0.3 is 12.1 Å². The number of guanidine groups is 1. The first-order chi connectivity index (χ1) is 8.89. The minimum absolute atomic E-state index is 0.767. The topological polar surface area (TPSA) is 38.7 Å². The van der Waals surface area contributed by atoms with Crippen LogP contribution in [0.2, 0.25) is 0 Å². The molecule has 0 aromatic heterocycles. The van der Waals surface area contributed by atoms with Crippen molar-refractivity contribution in [3.63, 3.8) is 0 Å². The van der Waals surface area contributed by atoms with Crippen molar-refractivity contribution >= 4 is 5.96 Å². The van der Waals surface area contributed by atoms with Crippen LogP contribution in [0.25, 0.3) is 0 Å². The predicted molar refractivity (Wildman–Crippen MR) is 61.0 cm³/mol. The number of hydrogen-bond donors (Lipinski definition) is 0.